The maximum Gasteiger partial charge on any atom is 0.278 e. The first-order valence-electron chi connectivity index (χ1n) is 11.5. The molecule has 2 aliphatic rings. The van der Waals surface area contributed by atoms with Crippen molar-refractivity contribution < 1.29 is 14.3 Å². The molecule has 32 heavy (non-hydrogen) atoms. The summed E-state index contributed by atoms with van der Waals surface area (Å²) in [5, 5.41) is 0. The number of imide groups is 1. The van der Waals surface area contributed by atoms with Crippen LogP contribution in [-0.4, -0.2) is 41.3 Å². The minimum absolute atomic E-state index is 0.194. The SMILES string of the molecule is CCOc1ccc(C2=C(N3CC(C)CC(C)C3)C(=O)N(Cc3ccc(C)cc3)C2=O)cc1. The van der Waals surface area contributed by atoms with Crippen molar-refractivity contribution >= 4 is 17.4 Å². The van der Waals surface area contributed by atoms with Crippen LogP contribution in [0.1, 0.15) is 43.9 Å². The fourth-order valence-corrected chi connectivity index (χ4v) is 4.87. The molecule has 168 valence electrons. The number of carbonyl (C=O) groups excluding carboxylic acids is 2. The number of carbonyl (C=O) groups is 2. The van der Waals surface area contributed by atoms with Crippen LogP contribution in [0.2, 0.25) is 0 Å². The fourth-order valence-electron chi connectivity index (χ4n) is 4.87. The third kappa shape index (κ3) is 4.43. The van der Waals surface area contributed by atoms with Crippen LogP contribution in [-0.2, 0) is 16.1 Å². The third-order valence-corrected chi connectivity index (χ3v) is 6.24. The van der Waals surface area contributed by atoms with Gasteiger partial charge >= 0.3 is 0 Å². The number of amides is 2. The monoisotopic (exact) mass is 432 g/mol. The summed E-state index contributed by atoms with van der Waals surface area (Å²) in [6.07, 6.45) is 1.14. The molecule has 0 spiro atoms. The highest BCUT2D eigenvalue weighted by molar-refractivity contribution is 6.35. The fraction of sp³-hybridized carbons (Fsp3) is 0.407. The molecule has 0 saturated carbocycles. The van der Waals surface area contributed by atoms with Gasteiger partial charge in [-0.3, -0.25) is 14.5 Å². The predicted molar refractivity (Wildman–Crippen MR) is 126 cm³/mol. The molecule has 5 nitrogen and oxygen atoms in total. The first-order chi connectivity index (χ1) is 15.4. The van der Waals surface area contributed by atoms with Crippen molar-refractivity contribution in [3.05, 3.63) is 70.9 Å². The van der Waals surface area contributed by atoms with Crippen molar-refractivity contribution in [3.63, 3.8) is 0 Å². The van der Waals surface area contributed by atoms with Crippen molar-refractivity contribution in [3.8, 4) is 5.75 Å². The van der Waals surface area contributed by atoms with Crippen LogP contribution in [0.3, 0.4) is 0 Å². The summed E-state index contributed by atoms with van der Waals surface area (Å²) in [5.74, 6) is 1.29. The van der Waals surface area contributed by atoms with Gasteiger partial charge in [0.2, 0.25) is 0 Å². The van der Waals surface area contributed by atoms with E-state index in [0.29, 0.717) is 29.7 Å². The van der Waals surface area contributed by atoms with E-state index in [4.69, 9.17) is 4.74 Å². The number of benzene rings is 2. The van der Waals surface area contributed by atoms with E-state index in [2.05, 4.69) is 18.7 Å². The van der Waals surface area contributed by atoms with Crippen molar-refractivity contribution in [1.82, 2.24) is 9.80 Å². The molecule has 2 heterocycles. The number of hydrogen-bond acceptors (Lipinski definition) is 4. The zero-order valence-corrected chi connectivity index (χ0v) is 19.4. The van der Waals surface area contributed by atoms with Crippen LogP contribution < -0.4 is 4.74 Å². The van der Waals surface area contributed by atoms with Crippen molar-refractivity contribution in [2.45, 2.75) is 40.7 Å². The molecule has 0 N–H and O–H groups in total. The molecule has 4 rings (SSSR count). The molecule has 2 aromatic carbocycles. The summed E-state index contributed by atoms with van der Waals surface area (Å²) >= 11 is 0. The second-order valence-corrected chi connectivity index (χ2v) is 9.21. The van der Waals surface area contributed by atoms with E-state index in [9.17, 15) is 9.59 Å². The molecule has 1 saturated heterocycles. The second-order valence-electron chi connectivity index (χ2n) is 9.21. The maximum absolute atomic E-state index is 13.6. The number of piperidine rings is 1. The molecule has 0 bridgehead atoms. The Kier molecular flexibility index (Phi) is 6.35. The summed E-state index contributed by atoms with van der Waals surface area (Å²) in [6, 6.07) is 15.5. The Labute approximate surface area is 190 Å². The van der Waals surface area contributed by atoms with Gasteiger partial charge in [0, 0.05) is 13.1 Å². The Morgan fingerprint density at radius 3 is 2.12 bits per heavy atom. The highest BCUT2D eigenvalue weighted by atomic mass is 16.5. The standard InChI is InChI=1S/C27H32N2O3/c1-5-32-23-12-10-22(11-13-23)24-25(28-15-19(3)14-20(4)16-28)27(31)29(26(24)30)17-21-8-6-18(2)7-9-21/h6-13,19-20H,5,14-17H2,1-4H3. The molecule has 2 aliphatic heterocycles. The number of ether oxygens (including phenoxy) is 1. The first-order valence-corrected chi connectivity index (χ1v) is 11.5. The molecule has 2 atom stereocenters. The molecule has 2 unspecified atom stereocenters. The topological polar surface area (TPSA) is 49.9 Å². The van der Waals surface area contributed by atoms with Gasteiger partial charge in [-0.2, -0.15) is 0 Å². The first kappa shape index (κ1) is 22.1. The second kappa shape index (κ2) is 9.19. The number of hydrogen-bond donors (Lipinski definition) is 0. The number of likely N-dealkylation sites (tertiary alicyclic amines) is 1. The molecule has 0 aliphatic carbocycles. The maximum atomic E-state index is 13.6. The van der Waals surface area contributed by atoms with Gasteiger partial charge in [0.15, 0.2) is 0 Å². The van der Waals surface area contributed by atoms with E-state index in [0.717, 1.165) is 42.0 Å². The lowest BCUT2D eigenvalue weighted by molar-refractivity contribution is -0.138. The average molecular weight is 433 g/mol. The number of aryl methyl sites for hydroxylation is 1. The smallest absolute Gasteiger partial charge is 0.278 e. The van der Waals surface area contributed by atoms with E-state index in [1.807, 2.05) is 62.4 Å². The normalized spacial score (nSPS) is 21.5. The van der Waals surface area contributed by atoms with Crippen LogP contribution in [0.5, 0.6) is 5.75 Å². The van der Waals surface area contributed by atoms with Gasteiger partial charge in [-0.1, -0.05) is 55.8 Å². The summed E-state index contributed by atoms with van der Waals surface area (Å²) in [6.45, 7) is 10.8. The molecular weight excluding hydrogens is 400 g/mol. The Balaban J connectivity index is 1.72. The van der Waals surface area contributed by atoms with E-state index in [1.54, 1.807) is 0 Å². The highest BCUT2D eigenvalue weighted by Gasteiger charge is 2.42. The average Bonchev–Trinajstić information content (AvgIpc) is 3.00. The molecule has 5 heteroatoms. The van der Waals surface area contributed by atoms with Crippen LogP contribution in [0.25, 0.3) is 5.57 Å². The minimum Gasteiger partial charge on any atom is -0.494 e. The Morgan fingerprint density at radius 2 is 1.53 bits per heavy atom. The van der Waals surface area contributed by atoms with Crippen molar-refractivity contribution in [2.24, 2.45) is 11.8 Å². The number of rotatable bonds is 6. The van der Waals surface area contributed by atoms with Gasteiger partial charge in [0.1, 0.15) is 11.4 Å². The summed E-state index contributed by atoms with van der Waals surface area (Å²) in [5.41, 5.74) is 3.92. The van der Waals surface area contributed by atoms with E-state index in [1.165, 1.54) is 4.90 Å². The lowest BCUT2D eigenvalue weighted by Gasteiger charge is -2.37. The van der Waals surface area contributed by atoms with Crippen LogP contribution >= 0.6 is 0 Å². The molecule has 0 aromatic heterocycles. The lowest BCUT2D eigenvalue weighted by Crippen LogP contribution is -2.41. The Bertz CT molecular complexity index is 1010. The molecule has 2 amide bonds. The lowest BCUT2D eigenvalue weighted by atomic mass is 9.91. The summed E-state index contributed by atoms with van der Waals surface area (Å²) < 4.78 is 5.56. The zero-order chi connectivity index (χ0) is 22.8. The Hall–Kier alpha value is -3.08. The van der Waals surface area contributed by atoms with Gasteiger partial charge in [0.25, 0.3) is 11.8 Å². The van der Waals surface area contributed by atoms with Gasteiger partial charge in [-0.05, 0) is 55.4 Å². The zero-order valence-electron chi connectivity index (χ0n) is 19.4. The van der Waals surface area contributed by atoms with Crippen LogP contribution in [0.15, 0.2) is 54.2 Å². The van der Waals surface area contributed by atoms with Gasteiger partial charge in [-0.15, -0.1) is 0 Å². The van der Waals surface area contributed by atoms with E-state index < -0.39 is 0 Å². The van der Waals surface area contributed by atoms with Crippen molar-refractivity contribution in [2.75, 3.05) is 19.7 Å². The molecule has 1 fully saturated rings. The van der Waals surface area contributed by atoms with Crippen molar-refractivity contribution in [1.29, 1.82) is 0 Å². The number of nitrogens with zero attached hydrogens (tertiary/aromatic N) is 2. The summed E-state index contributed by atoms with van der Waals surface area (Å²) in [4.78, 5) is 30.8. The van der Waals surface area contributed by atoms with E-state index >= 15 is 0 Å². The van der Waals surface area contributed by atoms with Gasteiger partial charge in [0.05, 0.1) is 18.7 Å². The Morgan fingerprint density at radius 1 is 0.906 bits per heavy atom. The highest BCUT2D eigenvalue weighted by Crippen LogP contribution is 2.36. The van der Waals surface area contributed by atoms with E-state index in [-0.39, 0.29) is 18.4 Å². The van der Waals surface area contributed by atoms with Crippen LogP contribution in [0.4, 0.5) is 0 Å². The largest absolute Gasteiger partial charge is 0.494 e. The minimum atomic E-state index is -0.222. The molecule has 0 radical (unpaired) electrons. The van der Waals surface area contributed by atoms with Crippen LogP contribution in [0, 0.1) is 18.8 Å². The molecule has 2 aromatic rings. The summed E-state index contributed by atoms with van der Waals surface area (Å²) in [7, 11) is 0. The van der Waals surface area contributed by atoms with Gasteiger partial charge < -0.3 is 9.64 Å². The quantitative estimate of drug-likeness (QED) is 0.624. The van der Waals surface area contributed by atoms with Gasteiger partial charge in [-0.25, -0.2) is 0 Å². The molecular formula is C27H32N2O3. The third-order valence-electron chi connectivity index (χ3n) is 6.24. The predicted octanol–water partition coefficient (Wildman–Crippen LogP) is 4.65.